The number of carbonyl (C=O) groups is 1. The van der Waals surface area contributed by atoms with Gasteiger partial charge in [-0.2, -0.15) is 26.3 Å². The molecule has 0 aliphatic carbocycles. The van der Waals surface area contributed by atoms with Gasteiger partial charge in [0.2, 0.25) is 0 Å². The number of aromatic nitrogens is 3. The van der Waals surface area contributed by atoms with E-state index in [4.69, 9.17) is 0 Å². The van der Waals surface area contributed by atoms with Crippen molar-refractivity contribution in [3.8, 4) is 0 Å². The highest BCUT2D eigenvalue weighted by Gasteiger charge is 2.37. The molecule has 4 rings (SSSR count). The van der Waals surface area contributed by atoms with Gasteiger partial charge in [-0.3, -0.25) is 9.78 Å². The minimum Gasteiger partial charge on any atom is -0.346 e. The fourth-order valence-corrected chi connectivity index (χ4v) is 3.59. The molecule has 0 saturated heterocycles. The Balaban J connectivity index is 1.77. The molecule has 0 amide bonds. The SMILES string of the molecule is O=C(C[C@@H](c1ccc(C(F)(F)F)cc1)c1ncccc1C(F)(F)F)c1ccc2cc[nH]c2n1. The zero-order chi connectivity index (χ0) is 23.8. The summed E-state index contributed by atoms with van der Waals surface area (Å²) in [6.45, 7) is 0. The van der Waals surface area contributed by atoms with Crippen LogP contribution in [0.3, 0.4) is 0 Å². The van der Waals surface area contributed by atoms with Crippen molar-refractivity contribution >= 4 is 16.8 Å². The summed E-state index contributed by atoms with van der Waals surface area (Å²) in [6.07, 6.45) is -7.07. The fraction of sp³-hybridized carbons (Fsp3) is 0.174. The average Bonchev–Trinajstić information content (AvgIpc) is 3.24. The summed E-state index contributed by atoms with van der Waals surface area (Å²) in [5.41, 5.74) is -1.91. The quantitative estimate of drug-likeness (QED) is 0.275. The zero-order valence-electron chi connectivity index (χ0n) is 16.7. The molecule has 4 aromatic rings. The van der Waals surface area contributed by atoms with E-state index >= 15 is 0 Å². The van der Waals surface area contributed by atoms with Gasteiger partial charge in [-0.15, -0.1) is 0 Å². The predicted molar refractivity (Wildman–Crippen MR) is 108 cm³/mol. The molecule has 0 fully saturated rings. The number of halogens is 6. The van der Waals surface area contributed by atoms with Crippen molar-refractivity contribution in [3.05, 3.63) is 95.1 Å². The highest BCUT2D eigenvalue weighted by atomic mass is 19.4. The van der Waals surface area contributed by atoms with E-state index in [0.29, 0.717) is 5.65 Å². The Bertz CT molecular complexity index is 1290. The number of rotatable bonds is 5. The number of pyridine rings is 2. The van der Waals surface area contributed by atoms with Crippen molar-refractivity contribution in [1.82, 2.24) is 15.0 Å². The van der Waals surface area contributed by atoms with Crippen LogP contribution in [0.1, 0.15) is 45.2 Å². The number of ketones is 1. The lowest BCUT2D eigenvalue weighted by Crippen LogP contribution is -2.18. The molecule has 0 aliphatic rings. The third-order valence-electron chi connectivity index (χ3n) is 5.20. The molecule has 170 valence electrons. The molecule has 3 heterocycles. The Labute approximate surface area is 183 Å². The maximum atomic E-state index is 13.7. The number of hydrogen-bond donors (Lipinski definition) is 1. The first-order valence-corrected chi connectivity index (χ1v) is 9.70. The molecule has 4 nitrogen and oxygen atoms in total. The highest BCUT2D eigenvalue weighted by molar-refractivity contribution is 5.96. The van der Waals surface area contributed by atoms with Gasteiger partial charge in [-0.25, -0.2) is 4.98 Å². The second-order valence-corrected chi connectivity index (χ2v) is 7.35. The number of benzene rings is 1. The van der Waals surface area contributed by atoms with Gasteiger partial charge < -0.3 is 4.98 Å². The smallest absolute Gasteiger partial charge is 0.346 e. The monoisotopic (exact) mass is 463 g/mol. The van der Waals surface area contributed by atoms with Crippen molar-refractivity contribution in [2.75, 3.05) is 0 Å². The van der Waals surface area contributed by atoms with Crippen LogP contribution < -0.4 is 0 Å². The summed E-state index contributed by atoms with van der Waals surface area (Å²) in [4.78, 5) is 23.9. The first-order chi connectivity index (χ1) is 15.5. The van der Waals surface area contributed by atoms with E-state index < -0.39 is 47.3 Å². The van der Waals surface area contributed by atoms with Crippen LogP contribution in [0.25, 0.3) is 11.0 Å². The van der Waals surface area contributed by atoms with E-state index in [-0.39, 0.29) is 11.3 Å². The Hall–Kier alpha value is -3.69. The lowest BCUT2D eigenvalue weighted by molar-refractivity contribution is -0.139. The molecule has 1 aromatic carbocycles. The van der Waals surface area contributed by atoms with Gasteiger partial charge in [0.05, 0.1) is 16.8 Å². The van der Waals surface area contributed by atoms with Crippen LogP contribution in [-0.2, 0) is 12.4 Å². The van der Waals surface area contributed by atoms with E-state index in [1.165, 1.54) is 6.07 Å². The molecule has 0 spiro atoms. The van der Waals surface area contributed by atoms with Gasteiger partial charge in [0.15, 0.2) is 5.78 Å². The van der Waals surface area contributed by atoms with Crippen LogP contribution in [0.5, 0.6) is 0 Å². The zero-order valence-corrected chi connectivity index (χ0v) is 16.7. The summed E-state index contributed by atoms with van der Waals surface area (Å²) >= 11 is 0. The average molecular weight is 463 g/mol. The van der Waals surface area contributed by atoms with Crippen molar-refractivity contribution in [2.24, 2.45) is 0 Å². The molecule has 0 aliphatic heterocycles. The Morgan fingerprint density at radius 2 is 1.64 bits per heavy atom. The molecule has 10 heteroatoms. The van der Waals surface area contributed by atoms with Crippen LogP contribution in [0.15, 0.2) is 67.0 Å². The van der Waals surface area contributed by atoms with Crippen molar-refractivity contribution in [1.29, 1.82) is 0 Å². The first kappa shape index (κ1) is 22.5. The van der Waals surface area contributed by atoms with Crippen molar-refractivity contribution in [2.45, 2.75) is 24.7 Å². The Morgan fingerprint density at radius 3 is 2.30 bits per heavy atom. The minimum atomic E-state index is -4.77. The number of nitrogens with zero attached hydrogens (tertiary/aromatic N) is 2. The van der Waals surface area contributed by atoms with E-state index in [9.17, 15) is 31.1 Å². The second-order valence-electron chi connectivity index (χ2n) is 7.35. The highest BCUT2D eigenvalue weighted by Crippen LogP contribution is 2.39. The van der Waals surface area contributed by atoms with E-state index in [1.54, 1.807) is 18.3 Å². The van der Waals surface area contributed by atoms with Crippen molar-refractivity contribution in [3.63, 3.8) is 0 Å². The molecule has 0 bridgehead atoms. The number of carbonyl (C=O) groups excluding carboxylic acids is 1. The van der Waals surface area contributed by atoms with Gasteiger partial charge in [0.25, 0.3) is 0 Å². The summed E-state index contributed by atoms with van der Waals surface area (Å²) in [7, 11) is 0. The molecule has 3 aromatic heterocycles. The number of nitrogens with one attached hydrogen (secondary N) is 1. The second kappa shape index (κ2) is 8.34. The largest absolute Gasteiger partial charge is 0.418 e. The molecule has 0 saturated carbocycles. The maximum Gasteiger partial charge on any atom is 0.418 e. The van der Waals surface area contributed by atoms with Gasteiger partial charge >= 0.3 is 12.4 Å². The maximum absolute atomic E-state index is 13.7. The van der Waals surface area contributed by atoms with Crippen LogP contribution in [-0.4, -0.2) is 20.7 Å². The summed E-state index contributed by atoms with van der Waals surface area (Å²) < 4.78 is 79.9. The van der Waals surface area contributed by atoms with Gasteiger partial charge in [0.1, 0.15) is 11.3 Å². The predicted octanol–water partition coefficient (Wildman–Crippen LogP) is 6.40. The Morgan fingerprint density at radius 1 is 0.909 bits per heavy atom. The molecule has 33 heavy (non-hydrogen) atoms. The van der Waals surface area contributed by atoms with E-state index in [0.717, 1.165) is 48.0 Å². The van der Waals surface area contributed by atoms with Gasteiger partial charge in [0, 0.05) is 30.1 Å². The molecular formula is C23H15F6N3O. The van der Waals surface area contributed by atoms with Crippen LogP contribution in [0.4, 0.5) is 26.3 Å². The number of fused-ring (bicyclic) bond motifs is 1. The molecular weight excluding hydrogens is 448 g/mol. The third kappa shape index (κ3) is 4.74. The van der Waals surface area contributed by atoms with E-state index in [2.05, 4.69) is 15.0 Å². The normalized spacial score (nSPS) is 13.3. The number of H-pyrrole nitrogens is 1. The topological polar surface area (TPSA) is 58.6 Å². The first-order valence-electron chi connectivity index (χ1n) is 9.70. The van der Waals surface area contributed by atoms with E-state index in [1.807, 2.05) is 0 Å². The Kier molecular flexibility index (Phi) is 5.69. The number of alkyl halides is 6. The van der Waals surface area contributed by atoms with Gasteiger partial charge in [-0.05, 0) is 48.0 Å². The summed E-state index contributed by atoms with van der Waals surface area (Å²) in [5, 5.41) is 0.745. The fourth-order valence-electron chi connectivity index (χ4n) is 3.59. The lowest BCUT2D eigenvalue weighted by atomic mass is 9.86. The molecule has 1 atom stereocenters. The summed E-state index contributed by atoms with van der Waals surface area (Å²) in [6, 6.07) is 10.4. The number of aromatic amines is 1. The minimum absolute atomic E-state index is 0.0198. The van der Waals surface area contributed by atoms with Crippen molar-refractivity contribution < 1.29 is 31.1 Å². The van der Waals surface area contributed by atoms with Gasteiger partial charge in [-0.1, -0.05) is 12.1 Å². The van der Waals surface area contributed by atoms with Crippen LogP contribution in [0.2, 0.25) is 0 Å². The lowest BCUT2D eigenvalue weighted by Gasteiger charge is -2.21. The third-order valence-corrected chi connectivity index (χ3v) is 5.20. The summed E-state index contributed by atoms with van der Waals surface area (Å²) in [5.74, 6) is -1.81. The molecule has 0 unspecified atom stereocenters. The van der Waals surface area contributed by atoms with Crippen LogP contribution >= 0.6 is 0 Å². The molecule has 0 radical (unpaired) electrons. The number of Topliss-reactive ketones (excluding diaryl/α,β-unsaturated/α-hetero) is 1. The standard InChI is InChI=1S/C23H15F6N3O/c24-22(25,26)15-6-3-13(4-7-15)16(20-17(23(27,28)29)2-1-10-30-20)12-19(33)18-8-5-14-9-11-31-21(14)32-18/h1-11,16H,12H2,(H,31,32)/t16-/m0/s1. The van der Waals surface area contributed by atoms with Crippen LogP contribution in [0, 0.1) is 0 Å². The number of hydrogen-bond acceptors (Lipinski definition) is 3. The molecule has 1 N–H and O–H groups in total.